The number of ether oxygens (including phenoxy) is 3. The van der Waals surface area contributed by atoms with Crippen molar-refractivity contribution in [3.05, 3.63) is 12.2 Å². The Morgan fingerprint density at radius 3 is 1.69 bits per heavy atom. The van der Waals surface area contributed by atoms with Gasteiger partial charge >= 0.3 is 17.9 Å². The minimum Gasteiger partial charge on any atom is -0.477 e. The predicted octanol–water partition coefficient (Wildman–Crippen LogP) is 8.80. The molecule has 0 aliphatic heterocycles. The molecule has 0 amide bonds. The maximum Gasteiger partial charge on any atom is 0.362 e. The highest BCUT2D eigenvalue weighted by molar-refractivity contribution is 5.72. The van der Waals surface area contributed by atoms with Crippen LogP contribution in [0.25, 0.3) is 0 Å². The van der Waals surface area contributed by atoms with Crippen LogP contribution in [0.3, 0.4) is 0 Å². The van der Waals surface area contributed by atoms with Crippen LogP contribution in [0.5, 0.6) is 0 Å². The van der Waals surface area contributed by atoms with Crippen molar-refractivity contribution in [1.29, 1.82) is 0 Å². The number of hydrogen-bond donors (Lipinski definition) is 1. The molecule has 0 saturated heterocycles. The van der Waals surface area contributed by atoms with E-state index in [2.05, 4.69) is 19.9 Å². The van der Waals surface area contributed by atoms with Gasteiger partial charge in [-0.05, 0) is 25.7 Å². The Bertz CT molecular complexity index is 762. The first-order chi connectivity index (χ1) is 21.6. The molecule has 0 bridgehead atoms. The van der Waals surface area contributed by atoms with E-state index in [4.69, 9.17) is 14.2 Å². The lowest BCUT2D eigenvalue weighted by atomic mass is 10.0. The summed E-state index contributed by atoms with van der Waals surface area (Å²) in [4.78, 5) is 36.5. The van der Waals surface area contributed by atoms with Gasteiger partial charge < -0.3 is 23.8 Å². The monoisotopic (exact) mass is 641 g/mol. The maximum atomic E-state index is 12.6. The minimum atomic E-state index is -0.879. The van der Waals surface area contributed by atoms with Gasteiger partial charge in [-0.15, -0.1) is 0 Å². The van der Waals surface area contributed by atoms with Gasteiger partial charge in [0.1, 0.15) is 6.61 Å². The summed E-state index contributed by atoms with van der Waals surface area (Å²) in [5.41, 5.74) is 0. The smallest absolute Gasteiger partial charge is 0.362 e. The molecule has 0 aromatic heterocycles. The van der Waals surface area contributed by atoms with E-state index in [1.165, 1.54) is 83.5 Å². The third-order valence-electron chi connectivity index (χ3n) is 8.18. The molecule has 45 heavy (non-hydrogen) atoms. The fourth-order valence-corrected chi connectivity index (χ4v) is 5.28. The van der Waals surface area contributed by atoms with Crippen molar-refractivity contribution in [3.8, 4) is 0 Å². The van der Waals surface area contributed by atoms with E-state index in [9.17, 15) is 19.5 Å². The van der Waals surface area contributed by atoms with Gasteiger partial charge in [0.2, 0.25) is 0 Å². The van der Waals surface area contributed by atoms with E-state index in [0.717, 1.165) is 32.1 Å². The molecule has 8 nitrogen and oxygen atoms in total. The molecular formula is C37H70NO7+. The zero-order valence-electron chi connectivity index (χ0n) is 29.8. The topological polar surface area (TPSA) is 99.1 Å². The molecule has 0 aromatic carbocycles. The highest BCUT2D eigenvalue weighted by Crippen LogP contribution is 2.14. The number of unbranched alkanes of at least 4 members (excludes halogenated alkanes) is 16. The van der Waals surface area contributed by atoms with Crippen molar-refractivity contribution in [1.82, 2.24) is 0 Å². The van der Waals surface area contributed by atoms with Crippen LogP contribution in [0, 0.1) is 0 Å². The number of aliphatic carboxylic acids is 1. The second kappa shape index (κ2) is 29.5. The van der Waals surface area contributed by atoms with Crippen LogP contribution in [0.15, 0.2) is 12.2 Å². The van der Waals surface area contributed by atoms with Gasteiger partial charge in [-0.2, -0.15) is 0 Å². The number of rotatable bonds is 32. The lowest BCUT2D eigenvalue weighted by Crippen LogP contribution is -2.50. The number of quaternary nitrogens is 1. The zero-order chi connectivity index (χ0) is 33.6. The van der Waals surface area contributed by atoms with Gasteiger partial charge in [0.15, 0.2) is 12.1 Å². The molecule has 0 rings (SSSR count). The number of carboxylic acid groups (broad SMARTS) is 1. The number of carboxylic acids is 1. The Morgan fingerprint density at radius 2 is 1.16 bits per heavy atom. The standard InChI is InChI=1S/C37H69NO7/c1-6-8-10-12-14-15-16-17-18-19-20-22-24-26-28-36(40)45-33(31-43-30-29-34(37(41)42)38(3,4)5)32-44-35(39)27-25-23-21-13-11-9-7-2/h21,23,33-34H,6-20,22,24-32H2,1-5H3/p+1/b23-21+. The summed E-state index contributed by atoms with van der Waals surface area (Å²) in [6.07, 6.45) is 27.1. The van der Waals surface area contributed by atoms with E-state index in [0.29, 0.717) is 19.3 Å². The number of carbonyl (C=O) groups is 3. The summed E-state index contributed by atoms with van der Waals surface area (Å²) in [7, 11) is 5.50. The summed E-state index contributed by atoms with van der Waals surface area (Å²) in [6.45, 7) is 4.62. The first-order valence-corrected chi connectivity index (χ1v) is 18.2. The molecule has 0 spiro atoms. The molecule has 0 fully saturated rings. The number of allylic oxidation sites excluding steroid dienone is 2. The summed E-state index contributed by atoms with van der Waals surface area (Å²) >= 11 is 0. The lowest BCUT2D eigenvalue weighted by Gasteiger charge is -2.31. The van der Waals surface area contributed by atoms with Crippen molar-refractivity contribution in [2.45, 2.75) is 167 Å². The number of carbonyl (C=O) groups excluding carboxylic acids is 2. The molecule has 1 N–H and O–H groups in total. The van der Waals surface area contributed by atoms with E-state index in [-0.39, 0.29) is 42.7 Å². The molecule has 2 unspecified atom stereocenters. The second-order valence-corrected chi connectivity index (χ2v) is 13.5. The maximum absolute atomic E-state index is 12.6. The van der Waals surface area contributed by atoms with Crippen LogP contribution >= 0.6 is 0 Å². The largest absolute Gasteiger partial charge is 0.477 e. The van der Waals surface area contributed by atoms with Gasteiger partial charge in [-0.1, -0.05) is 122 Å². The minimum absolute atomic E-state index is 0.0541. The van der Waals surface area contributed by atoms with Gasteiger partial charge in [0, 0.05) is 19.3 Å². The van der Waals surface area contributed by atoms with Crippen LogP contribution in [0.4, 0.5) is 0 Å². The Morgan fingerprint density at radius 1 is 0.644 bits per heavy atom. The van der Waals surface area contributed by atoms with E-state index in [1.807, 2.05) is 27.2 Å². The molecule has 0 heterocycles. The SMILES string of the molecule is CCCCC/C=C/CCC(=O)OCC(COCCC(C(=O)O)[N+](C)(C)C)OC(=O)CCCCCCCCCCCCCCCC. The van der Waals surface area contributed by atoms with Crippen LogP contribution in [-0.2, 0) is 28.6 Å². The zero-order valence-corrected chi connectivity index (χ0v) is 29.8. The molecular weight excluding hydrogens is 570 g/mol. The van der Waals surface area contributed by atoms with Crippen molar-refractivity contribution in [2.75, 3.05) is 41.0 Å². The van der Waals surface area contributed by atoms with Gasteiger partial charge in [-0.3, -0.25) is 9.59 Å². The first kappa shape index (κ1) is 43.1. The quantitative estimate of drug-likeness (QED) is 0.0339. The normalized spacial score (nSPS) is 13.2. The van der Waals surface area contributed by atoms with Crippen molar-refractivity contribution >= 4 is 17.9 Å². The molecule has 264 valence electrons. The van der Waals surface area contributed by atoms with Gasteiger partial charge in [-0.25, -0.2) is 4.79 Å². The third-order valence-corrected chi connectivity index (χ3v) is 8.18. The molecule has 0 aliphatic carbocycles. The third kappa shape index (κ3) is 28.1. The van der Waals surface area contributed by atoms with Crippen molar-refractivity contribution in [3.63, 3.8) is 0 Å². The van der Waals surface area contributed by atoms with Crippen LogP contribution < -0.4 is 0 Å². The summed E-state index contributed by atoms with van der Waals surface area (Å²) in [5.74, 6) is -1.53. The Balaban J connectivity index is 4.40. The number of esters is 2. The highest BCUT2D eigenvalue weighted by Gasteiger charge is 2.31. The first-order valence-electron chi connectivity index (χ1n) is 18.2. The average Bonchev–Trinajstić information content (AvgIpc) is 2.98. The van der Waals surface area contributed by atoms with Gasteiger partial charge in [0.25, 0.3) is 0 Å². The van der Waals surface area contributed by atoms with Gasteiger partial charge in [0.05, 0.1) is 34.4 Å². The predicted molar refractivity (Wildman–Crippen MR) is 183 cm³/mol. The Labute approximate surface area is 276 Å². The van der Waals surface area contributed by atoms with E-state index >= 15 is 0 Å². The van der Waals surface area contributed by atoms with Crippen molar-refractivity contribution < 1.29 is 38.2 Å². The fourth-order valence-electron chi connectivity index (χ4n) is 5.28. The number of likely N-dealkylation sites (N-methyl/N-ethyl adjacent to an activating group) is 1. The van der Waals surface area contributed by atoms with Crippen molar-refractivity contribution in [2.24, 2.45) is 0 Å². The average molecular weight is 641 g/mol. The Kier molecular flexibility index (Phi) is 28.2. The summed E-state index contributed by atoms with van der Waals surface area (Å²) in [5, 5.41) is 9.55. The molecule has 8 heteroatoms. The second-order valence-electron chi connectivity index (χ2n) is 13.5. The molecule has 0 aromatic rings. The summed E-state index contributed by atoms with van der Waals surface area (Å²) in [6, 6.07) is -0.612. The van der Waals surface area contributed by atoms with Crippen LogP contribution in [-0.4, -0.2) is 80.6 Å². The van der Waals surface area contributed by atoms with Crippen LogP contribution in [0.2, 0.25) is 0 Å². The number of hydrogen-bond acceptors (Lipinski definition) is 6. The van der Waals surface area contributed by atoms with E-state index < -0.39 is 18.1 Å². The Hall–Kier alpha value is -1.93. The lowest BCUT2D eigenvalue weighted by molar-refractivity contribution is -0.887. The van der Waals surface area contributed by atoms with E-state index in [1.54, 1.807) is 0 Å². The summed E-state index contributed by atoms with van der Waals surface area (Å²) < 4.78 is 17.1. The molecule has 0 saturated carbocycles. The molecule has 2 atom stereocenters. The number of nitrogens with zero attached hydrogens (tertiary/aromatic N) is 1. The highest BCUT2D eigenvalue weighted by atomic mass is 16.6. The molecule has 0 aliphatic rings. The van der Waals surface area contributed by atoms with Crippen LogP contribution in [0.1, 0.15) is 155 Å². The molecule has 0 radical (unpaired) electrons. The fraction of sp³-hybridized carbons (Fsp3) is 0.865.